The van der Waals surface area contributed by atoms with Crippen LogP contribution in [0.3, 0.4) is 0 Å². The third-order valence-electron chi connectivity index (χ3n) is 4.89. The molecule has 5 heteroatoms. The second kappa shape index (κ2) is 7.51. The zero-order chi connectivity index (χ0) is 17.8. The van der Waals surface area contributed by atoms with Crippen LogP contribution in [-0.4, -0.2) is 33.2 Å². The van der Waals surface area contributed by atoms with Gasteiger partial charge in [0.25, 0.3) is 0 Å². The normalized spacial score (nSPS) is 17.7. The molecule has 0 saturated carbocycles. The Morgan fingerprint density at radius 2 is 2.04 bits per heavy atom. The summed E-state index contributed by atoms with van der Waals surface area (Å²) in [5, 5.41) is 16.6. The molecular formula is C21H21N5. The van der Waals surface area contributed by atoms with E-state index in [1.165, 1.54) is 5.56 Å². The molecule has 1 N–H and O–H groups in total. The van der Waals surface area contributed by atoms with Gasteiger partial charge in [0.15, 0.2) is 5.82 Å². The van der Waals surface area contributed by atoms with E-state index in [9.17, 15) is 0 Å². The summed E-state index contributed by atoms with van der Waals surface area (Å²) in [5.74, 6) is 2.10. The molecule has 1 fully saturated rings. The lowest BCUT2D eigenvalue weighted by Crippen LogP contribution is -2.34. The molecule has 1 aliphatic rings. The number of hydrogen-bond acceptors (Lipinski definition) is 4. The fraction of sp³-hybridized carbons (Fsp3) is 0.286. The van der Waals surface area contributed by atoms with E-state index in [1.807, 2.05) is 48.5 Å². The number of aromatic nitrogens is 3. The lowest BCUT2D eigenvalue weighted by molar-refractivity contribution is 0.197. The van der Waals surface area contributed by atoms with Crippen molar-refractivity contribution in [2.45, 2.75) is 25.3 Å². The van der Waals surface area contributed by atoms with Crippen molar-refractivity contribution in [2.75, 3.05) is 13.1 Å². The van der Waals surface area contributed by atoms with E-state index < -0.39 is 0 Å². The Labute approximate surface area is 153 Å². The first kappa shape index (κ1) is 16.5. The van der Waals surface area contributed by atoms with Gasteiger partial charge in [-0.3, -0.25) is 10.00 Å². The van der Waals surface area contributed by atoms with Gasteiger partial charge in [-0.2, -0.15) is 10.4 Å². The summed E-state index contributed by atoms with van der Waals surface area (Å²) in [7, 11) is 0. The molecule has 0 spiro atoms. The number of nitrogens with one attached hydrogen (secondary N) is 1. The highest BCUT2D eigenvalue weighted by Gasteiger charge is 2.24. The second-order valence-electron chi connectivity index (χ2n) is 6.80. The highest BCUT2D eigenvalue weighted by atomic mass is 15.2. The van der Waals surface area contributed by atoms with Crippen molar-refractivity contribution >= 4 is 0 Å². The lowest BCUT2D eigenvalue weighted by atomic mass is 9.97. The summed E-state index contributed by atoms with van der Waals surface area (Å²) in [6.45, 7) is 2.90. The molecule has 4 rings (SSSR count). The molecule has 0 amide bonds. The fourth-order valence-electron chi connectivity index (χ4n) is 3.59. The van der Waals surface area contributed by atoms with Crippen LogP contribution in [-0.2, 0) is 6.54 Å². The zero-order valence-corrected chi connectivity index (χ0v) is 14.6. The van der Waals surface area contributed by atoms with Gasteiger partial charge in [-0.15, -0.1) is 0 Å². The Hall–Kier alpha value is -2.97. The highest BCUT2D eigenvalue weighted by Crippen LogP contribution is 2.27. The number of benzene rings is 2. The first-order chi connectivity index (χ1) is 12.8. The van der Waals surface area contributed by atoms with Crippen LogP contribution in [0.15, 0.2) is 54.6 Å². The summed E-state index contributed by atoms with van der Waals surface area (Å²) < 4.78 is 0. The Balaban J connectivity index is 1.45. The van der Waals surface area contributed by atoms with Gasteiger partial charge in [0.2, 0.25) is 0 Å². The summed E-state index contributed by atoms with van der Waals surface area (Å²) in [4.78, 5) is 7.18. The van der Waals surface area contributed by atoms with Crippen molar-refractivity contribution < 1.29 is 0 Å². The number of likely N-dealkylation sites (tertiary alicyclic amines) is 1. The summed E-state index contributed by atoms with van der Waals surface area (Å²) in [5.41, 5.74) is 2.95. The maximum Gasteiger partial charge on any atom is 0.181 e. The molecule has 1 aliphatic heterocycles. The first-order valence-electron chi connectivity index (χ1n) is 9.01. The number of piperidine rings is 1. The molecule has 26 heavy (non-hydrogen) atoms. The lowest BCUT2D eigenvalue weighted by Gasteiger charge is -2.31. The monoisotopic (exact) mass is 343 g/mol. The van der Waals surface area contributed by atoms with Gasteiger partial charge in [-0.05, 0) is 37.1 Å². The maximum atomic E-state index is 9.07. The van der Waals surface area contributed by atoms with E-state index >= 15 is 0 Å². The molecule has 2 aromatic carbocycles. The quantitative estimate of drug-likeness (QED) is 0.784. The zero-order valence-electron chi connectivity index (χ0n) is 14.6. The van der Waals surface area contributed by atoms with Crippen LogP contribution < -0.4 is 0 Å². The topological polar surface area (TPSA) is 68.6 Å². The maximum absolute atomic E-state index is 9.07. The van der Waals surface area contributed by atoms with Crippen molar-refractivity contribution in [3.8, 4) is 17.5 Å². The predicted molar refractivity (Wildman–Crippen MR) is 100 cm³/mol. The molecule has 1 atom stereocenters. The molecule has 2 heterocycles. The van der Waals surface area contributed by atoms with Gasteiger partial charge in [0.05, 0.1) is 11.6 Å². The van der Waals surface area contributed by atoms with Gasteiger partial charge in [-0.1, -0.05) is 42.5 Å². The van der Waals surface area contributed by atoms with Crippen molar-refractivity contribution in [3.63, 3.8) is 0 Å². The van der Waals surface area contributed by atoms with Crippen LogP contribution in [0.1, 0.15) is 35.7 Å². The molecule has 5 nitrogen and oxygen atoms in total. The van der Waals surface area contributed by atoms with Crippen LogP contribution in [0.4, 0.5) is 0 Å². The minimum atomic E-state index is 0.368. The van der Waals surface area contributed by atoms with E-state index in [1.54, 1.807) is 0 Å². The first-order valence-corrected chi connectivity index (χ1v) is 9.01. The minimum absolute atomic E-state index is 0.368. The minimum Gasteiger partial charge on any atom is -0.298 e. The molecule has 130 valence electrons. The summed E-state index contributed by atoms with van der Waals surface area (Å²) >= 11 is 0. The van der Waals surface area contributed by atoms with Gasteiger partial charge in [0.1, 0.15) is 5.82 Å². The largest absolute Gasteiger partial charge is 0.298 e. The Kier molecular flexibility index (Phi) is 4.76. The number of nitriles is 1. The molecular weight excluding hydrogens is 322 g/mol. The molecule has 1 unspecified atom stereocenters. The molecule has 0 aliphatic carbocycles. The number of H-pyrrole nitrogens is 1. The highest BCUT2D eigenvalue weighted by molar-refractivity contribution is 5.53. The van der Waals surface area contributed by atoms with E-state index in [-0.39, 0.29) is 0 Å². The number of hydrogen-bond donors (Lipinski definition) is 1. The average Bonchev–Trinajstić information content (AvgIpc) is 3.19. The van der Waals surface area contributed by atoms with E-state index in [0.717, 1.165) is 55.3 Å². The van der Waals surface area contributed by atoms with Crippen molar-refractivity contribution in [1.29, 1.82) is 5.26 Å². The van der Waals surface area contributed by atoms with Crippen molar-refractivity contribution in [1.82, 2.24) is 20.1 Å². The SMILES string of the molecule is N#Cc1cccc(CN2CCCC(c3nc(-c4ccccc4)n[nH]3)C2)c1. The van der Waals surface area contributed by atoms with E-state index in [2.05, 4.69) is 27.2 Å². The van der Waals surface area contributed by atoms with Crippen LogP contribution in [0.5, 0.6) is 0 Å². The molecule has 0 bridgehead atoms. The smallest absolute Gasteiger partial charge is 0.181 e. The second-order valence-corrected chi connectivity index (χ2v) is 6.80. The number of nitrogens with zero attached hydrogens (tertiary/aromatic N) is 4. The van der Waals surface area contributed by atoms with Gasteiger partial charge < -0.3 is 0 Å². The van der Waals surface area contributed by atoms with Gasteiger partial charge >= 0.3 is 0 Å². The predicted octanol–water partition coefficient (Wildman–Crippen LogP) is 3.72. The fourth-order valence-corrected chi connectivity index (χ4v) is 3.59. The Bertz CT molecular complexity index is 909. The van der Waals surface area contributed by atoms with Gasteiger partial charge in [-0.25, -0.2) is 4.98 Å². The molecule has 0 radical (unpaired) electrons. The number of rotatable bonds is 4. The summed E-state index contributed by atoms with van der Waals surface area (Å²) in [6, 6.07) is 20.2. The third kappa shape index (κ3) is 3.66. The van der Waals surface area contributed by atoms with E-state index in [0.29, 0.717) is 5.92 Å². The average molecular weight is 343 g/mol. The van der Waals surface area contributed by atoms with Crippen molar-refractivity contribution in [2.24, 2.45) is 0 Å². The Morgan fingerprint density at radius 3 is 2.88 bits per heavy atom. The van der Waals surface area contributed by atoms with Crippen molar-refractivity contribution in [3.05, 3.63) is 71.5 Å². The van der Waals surface area contributed by atoms with Crippen LogP contribution >= 0.6 is 0 Å². The standard InChI is InChI=1S/C21H21N5/c22-13-16-6-4-7-17(12-16)14-26-11-5-10-19(15-26)21-23-20(24-25-21)18-8-2-1-3-9-18/h1-4,6-9,12,19H,5,10-11,14-15H2,(H,23,24,25). The Morgan fingerprint density at radius 1 is 1.15 bits per heavy atom. The third-order valence-corrected chi connectivity index (χ3v) is 4.89. The van der Waals surface area contributed by atoms with Crippen LogP contribution in [0, 0.1) is 11.3 Å². The van der Waals surface area contributed by atoms with Crippen LogP contribution in [0.25, 0.3) is 11.4 Å². The molecule has 3 aromatic rings. The molecule has 1 aromatic heterocycles. The summed E-state index contributed by atoms with van der Waals surface area (Å²) in [6.07, 6.45) is 2.27. The van der Waals surface area contributed by atoms with Gasteiger partial charge in [0, 0.05) is 24.6 Å². The van der Waals surface area contributed by atoms with Crippen LogP contribution in [0.2, 0.25) is 0 Å². The number of aromatic amines is 1. The van der Waals surface area contributed by atoms with E-state index in [4.69, 9.17) is 10.2 Å². The molecule has 1 saturated heterocycles.